The number of unbranched alkanes of at least 4 members (excludes halogenated alkanes) is 1. The van der Waals surface area contributed by atoms with E-state index in [9.17, 15) is 28.8 Å². The molecule has 0 bridgehead atoms. The number of ether oxygens (including phenoxy) is 2. The molecule has 1 aliphatic rings. The van der Waals surface area contributed by atoms with E-state index in [1.54, 1.807) is 13.8 Å². The Kier molecular flexibility index (Phi) is 20.2. The van der Waals surface area contributed by atoms with E-state index in [2.05, 4.69) is 26.2 Å². The second kappa shape index (κ2) is 23.0. The van der Waals surface area contributed by atoms with Crippen LogP contribution in [0.4, 0.5) is 0 Å². The molecular formula is C28H48N6O10. The van der Waals surface area contributed by atoms with Gasteiger partial charge in [-0.15, -0.1) is 0 Å². The quantitative estimate of drug-likeness (QED) is 0.0265. The first-order valence-electron chi connectivity index (χ1n) is 14.9. The second-order valence-electron chi connectivity index (χ2n) is 10.4. The standard InChI is InChI=1S/C28H48N6O10/c1-21(27(41)43-20-44-28(42)22(2)18-31-19-34-24(37)6-7-25(34)38)17-30-11-14-33(13-10-29-9-3-4-16-35)15-12-32-23(36)5-8-26(39)40/h6-7,21-22,29-31,35H,3-5,8-20H2,1-2H3,(H,32,36)(H,39,40). The lowest BCUT2D eigenvalue weighted by molar-refractivity contribution is -0.172. The molecule has 0 aromatic carbocycles. The lowest BCUT2D eigenvalue weighted by atomic mass is 10.2. The van der Waals surface area contributed by atoms with Crippen LogP contribution in [0.25, 0.3) is 0 Å². The van der Waals surface area contributed by atoms with E-state index in [0.717, 1.165) is 24.3 Å². The molecule has 0 spiro atoms. The Balaban J connectivity index is 2.28. The molecule has 0 aromatic heterocycles. The van der Waals surface area contributed by atoms with Crippen LogP contribution in [-0.2, 0) is 38.2 Å². The van der Waals surface area contributed by atoms with Gasteiger partial charge in [-0.1, -0.05) is 13.8 Å². The van der Waals surface area contributed by atoms with Gasteiger partial charge in [0, 0.05) is 77.5 Å². The number of nitrogens with zero attached hydrogens (tertiary/aromatic N) is 2. The summed E-state index contributed by atoms with van der Waals surface area (Å²) in [6.45, 7) is 7.65. The highest BCUT2D eigenvalue weighted by Gasteiger charge is 2.23. The summed E-state index contributed by atoms with van der Waals surface area (Å²) in [5.74, 6) is -4.46. The van der Waals surface area contributed by atoms with E-state index in [0.29, 0.717) is 45.8 Å². The fraction of sp³-hybridized carbons (Fsp3) is 0.714. The number of amides is 3. The van der Waals surface area contributed by atoms with Gasteiger partial charge < -0.3 is 35.6 Å². The van der Waals surface area contributed by atoms with Gasteiger partial charge in [0.25, 0.3) is 11.8 Å². The van der Waals surface area contributed by atoms with Crippen LogP contribution < -0.4 is 21.3 Å². The average molecular weight is 629 g/mol. The Morgan fingerprint density at radius 2 is 1.39 bits per heavy atom. The number of carbonyl (C=O) groups is 6. The van der Waals surface area contributed by atoms with Crippen LogP contribution in [0, 0.1) is 11.8 Å². The molecule has 0 saturated heterocycles. The Labute approximate surface area is 257 Å². The lowest BCUT2D eigenvalue weighted by Crippen LogP contribution is -2.42. The van der Waals surface area contributed by atoms with Crippen molar-refractivity contribution in [3.8, 4) is 0 Å². The number of hydrogen-bond donors (Lipinski definition) is 6. The highest BCUT2D eigenvalue weighted by molar-refractivity contribution is 6.12. The number of nitrogens with one attached hydrogen (secondary N) is 4. The molecule has 44 heavy (non-hydrogen) atoms. The van der Waals surface area contributed by atoms with Gasteiger partial charge in [-0.3, -0.25) is 43.9 Å². The predicted octanol–water partition coefficient (Wildman–Crippen LogP) is -1.99. The molecule has 1 aliphatic heterocycles. The molecule has 3 amide bonds. The van der Waals surface area contributed by atoms with Gasteiger partial charge in [-0.05, 0) is 19.4 Å². The summed E-state index contributed by atoms with van der Waals surface area (Å²) in [6, 6.07) is 0. The zero-order chi connectivity index (χ0) is 32.7. The number of esters is 2. The summed E-state index contributed by atoms with van der Waals surface area (Å²) in [5.41, 5.74) is 0. The van der Waals surface area contributed by atoms with Crippen molar-refractivity contribution in [1.82, 2.24) is 31.1 Å². The zero-order valence-electron chi connectivity index (χ0n) is 25.7. The van der Waals surface area contributed by atoms with E-state index in [1.807, 2.05) is 0 Å². The first kappa shape index (κ1) is 38.6. The smallest absolute Gasteiger partial charge is 0.312 e. The third-order valence-corrected chi connectivity index (χ3v) is 6.57. The Morgan fingerprint density at radius 1 is 0.818 bits per heavy atom. The van der Waals surface area contributed by atoms with Gasteiger partial charge in [0.05, 0.1) is 24.9 Å². The van der Waals surface area contributed by atoms with Crippen LogP contribution in [0.2, 0.25) is 0 Å². The Hall–Kier alpha value is -3.44. The van der Waals surface area contributed by atoms with Gasteiger partial charge in [0.2, 0.25) is 12.7 Å². The number of rotatable bonds is 26. The van der Waals surface area contributed by atoms with Crippen molar-refractivity contribution in [3.63, 3.8) is 0 Å². The third-order valence-electron chi connectivity index (χ3n) is 6.57. The minimum atomic E-state index is -1.02. The maximum Gasteiger partial charge on any atom is 0.312 e. The van der Waals surface area contributed by atoms with Crippen molar-refractivity contribution in [2.75, 3.05) is 79.0 Å². The van der Waals surface area contributed by atoms with Crippen LogP contribution in [0.1, 0.15) is 39.5 Å². The topological polar surface area (TPSA) is 216 Å². The van der Waals surface area contributed by atoms with Crippen molar-refractivity contribution in [2.45, 2.75) is 39.5 Å². The number of imide groups is 1. The fourth-order valence-electron chi connectivity index (χ4n) is 3.85. The monoisotopic (exact) mass is 628 g/mol. The van der Waals surface area contributed by atoms with E-state index >= 15 is 0 Å². The van der Waals surface area contributed by atoms with E-state index < -0.39 is 48.4 Å². The minimum Gasteiger partial charge on any atom is -0.481 e. The molecule has 0 saturated carbocycles. The van der Waals surface area contributed by atoms with Crippen LogP contribution in [0.5, 0.6) is 0 Å². The lowest BCUT2D eigenvalue weighted by Gasteiger charge is -2.23. The molecule has 16 heteroatoms. The van der Waals surface area contributed by atoms with Crippen molar-refractivity contribution in [2.24, 2.45) is 11.8 Å². The summed E-state index contributed by atoms with van der Waals surface area (Å²) in [7, 11) is 0. The Morgan fingerprint density at radius 3 is 1.98 bits per heavy atom. The highest BCUT2D eigenvalue weighted by atomic mass is 16.7. The summed E-state index contributed by atoms with van der Waals surface area (Å²) in [4.78, 5) is 73.1. The van der Waals surface area contributed by atoms with Gasteiger partial charge >= 0.3 is 17.9 Å². The summed E-state index contributed by atoms with van der Waals surface area (Å²) >= 11 is 0. The van der Waals surface area contributed by atoms with Crippen LogP contribution in [0.15, 0.2) is 12.2 Å². The molecule has 0 aliphatic carbocycles. The number of carboxylic acids is 1. The average Bonchev–Trinajstić information content (AvgIpc) is 3.31. The van der Waals surface area contributed by atoms with Gasteiger partial charge in [0.15, 0.2) is 0 Å². The number of aliphatic carboxylic acids is 1. The number of carbonyl (C=O) groups excluding carboxylic acids is 5. The minimum absolute atomic E-state index is 0.0347. The SMILES string of the molecule is CC(CNCCN(CCNCCCCO)CCNC(=O)CCC(=O)O)C(=O)OCOC(=O)C(C)CNCN1C(=O)C=CC1=O. The molecule has 1 rings (SSSR count). The number of carboxylic acid groups (broad SMARTS) is 1. The van der Waals surface area contributed by atoms with Gasteiger partial charge in [-0.25, -0.2) is 0 Å². The third kappa shape index (κ3) is 17.6. The molecule has 6 N–H and O–H groups in total. The van der Waals surface area contributed by atoms with Crippen LogP contribution in [0.3, 0.4) is 0 Å². The van der Waals surface area contributed by atoms with Gasteiger partial charge in [-0.2, -0.15) is 0 Å². The van der Waals surface area contributed by atoms with Crippen LogP contribution in [-0.4, -0.2) is 135 Å². The first-order chi connectivity index (χ1) is 21.0. The van der Waals surface area contributed by atoms with Crippen LogP contribution >= 0.6 is 0 Å². The molecule has 2 atom stereocenters. The molecular weight excluding hydrogens is 580 g/mol. The van der Waals surface area contributed by atoms with E-state index in [4.69, 9.17) is 19.7 Å². The van der Waals surface area contributed by atoms with E-state index in [1.165, 1.54) is 12.2 Å². The summed E-state index contributed by atoms with van der Waals surface area (Å²) in [6.07, 6.45) is 3.64. The molecule has 2 unspecified atom stereocenters. The molecule has 16 nitrogen and oxygen atoms in total. The maximum absolute atomic E-state index is 12.3. The predicted molar refractivity (Wildman–Crippen MR) is 158 cm³/mol. The largest absolute Gasteiger partial charge is 0.481 e. The number of hydrogen-bond acceptors (Lipinski definition) is 13. The maximum atomic E-state index is 12.3. The second-order valence-corrected chi connectivity index (χ2v) is 10.4. The molecule has 0 radical (unpaired) electrons. The number of aliphatic hydroxyl groups is 1. The van der Waals surface area contributed by atoms with E-state index in [-0.39, 0.29) is 38.6 Å². The normalized spacial score (nSPS) is 14.1. The Bertz CT molecular complexity index is 945. The van der Waals surface area contributed by atoms with Gasteiger partial charge in [0.1, 0.15) is 0 Å². The molecule has 250 valence electrons. The number of aliphatic hydroxyl groups excluding tert-OH is 1. The summed E-state index contributed by atoms with van der Waals surface area (Å²) in [5, 5.41) is 29.7. The first-order valence-corrected chi connectivity index (χ1v) is 14.9. The fourth-order valence-corrected chi connectivity index (χ4v) is 3.85. The molecule has 0 fully saturated rings. The molecule has 0 aromatic rings. The van der Waals surface area contributed by atoms with Crippen molar-refractivity contribution >= 4 is 35.6 Å². The highest BCUT2D eigenvalue weighted by Crippen LogP contribution is 2.03. The van der Waals surface area contributed by atoms with Crippen molar-refractivity contribution in [1.29, 1.82) is 0 Å². The molecule has 1 heterocycles. The summed E-state index contributed by atoms with van der Waals surface area (Å²) < 4.78 is 10.1. The zero-order valence-corrected chi connectivity index (χ0v) is 25.7. The van der Waals surface area contributed by atoms with Crippen molar-refractivity contribution in [3.05, 3.63) is 12.2 Å². The van der Waals surface area contributed by atoms with Crippen molar-refractivity contribution < 1.29 is 48.5 Å².